The summed E-state index contributed by atoms with van der Waals surface area (Å²) in [6.07, 6.45) is 0. The Hall–Kier alpha value is -1.69. The standard InChI is InChI=1S/C13H12BrFN2O2/c1-6(2)8-3-7(4-9(14)12(8)15)10-5-11(13(18)19)17-16-10/h3-6H,1-2H3,(H,16,17)(H,18,19). The summed E-state index contributed by atoms with van der Waals surface area (Å²) in [6.45, 7) is 3.78. The predicted molar refractivity (Wildman–Crippen MR) is 72.7 cm³/mol. The molecule has 1 heterocycles. The number of benzene rings is 1. The first-order valence-corrected chi connectivity index (χ1v) is 6.47. The lowest BCUT2D eigenvalue weighted by Crippen LogP contribution is -1.95. The van der Waals surface area contributed by atoms with Gasteiger partial charge in [-0.3, -0.25) is 5.10 Å². The lowest BCUT2D eigenvalue weighted by molar-refractivity contribution is 0.0690. The quantitative estimate of drug-likeness (QED) is 0.901. The molecule has 19 heavy (non-hydrogen) atoms. The number of carboxylic acid groups (broad SMARTS) is 1. The van der Waals surface area contributed by atoms with Crippen molar-refractivity contribution in [3.63, 3.8) is 0 Å². The van der Waals surface area contributed by atoms with Crippen LogP contribution in [0.5, 0.6) is 0 Å². The van der Waals surface area contributed by atoms with Crippen molar-refractivity contribution >= 4 is 21.9 Å². The Morgan fingerprint density at radius 2 is 2.11 bits per heavy atom. The van der Waals surface area contributed by atoms with Crippen LogP contribution in [-0.4, -0.2) is 21.3 Å². The summed E-state index contributed by atoms with van der Waals surface area (Å²) in [5.41, 5.74) is 1.70. The number of carbonyl (C=O) groups is 1. The topological polar surface area (TPSA) is 66.0 Å². The monoisotopic (exact) mass is 326 g/mol. The maximum Gasteiger partial charge on any atom is 0.353 e. The van der Waals surface area contributed by atoms with Crippen LogP contribution < -0.4 is 0 Å². The van der Waals surface area contributed by atoms with Gasteiger partial charge in [0.15, 0.2) is 0 Å². The molecular weight excluding hydrogens is 315 g/mol. The fraction of sp³-hybridized carbons (Fsp3) is 0.231. The van der Waals surface area contributed by atoms with Crippen molar-refractivity contribution in [1.29, 1.82) is 0 Å². The molecule has 0 aliphatic carbocycles. The van der Waals surface area contributed by atoms with Gasteiger partial charge in [-0.15, -0.1) is 0 Å². The summed E-state index contributed by atoms with van der Waals surface area (Å²) in [4.78, 5) is 10.8. The second kappa shape index (κ2) is 5.13. The molecule has 0 bridgehead atoms. The molecule has 0 radical (unpaired) electrons. The van der Waals surface area contributed by atoms with Crippen LogP contribution in [0.1, 0.15) is 35.8 Å². The molecule has 4 nitrogen and oxygen atoms in total. The van der Waals surface area contributed by atoms with Crippen molar-refractivity contribution in [1.82, 2.24) is 10.2 Å². The van der Waals surface area contributed by atoms with E-state index < -0.39 is 5.97 Å². The highest BCUT2D eigenvalue weighted by molar-refractivity contribution is 9.10. The van der Waals surface area contributed by atoms with E-state index >= 15 is 0 Å². The minimum absolute atomic E-state index is 0.00143. The van der Waals surface area contributed by atoms with Crippen molar-refractivity contribution in [2.24, 2.45) is 0 Å². The van der Waals surface area contributed by atoms with E-state index in [-0.39, 0.29) is 17.4 Å². The minimum atomic E-state index is -1.08. The van der Waals surface area contributed by atoms with Gasteiger partial charge in [0.05, 0.1) is 10.2 Å². The van der Waals surface area contributed by atoms with Crippen molar-refractivity contribution in [2.75, 3.05) is 0 Å². The van der Waals surface area contributed by atoms with Crippen molar-refractivity contribution in [3.8, 4) is 11.3 Å². The van der Waals surface area contributed by atoms with E-state index in [1.807, 2.05) is 13.8 Å². The van der Waals surface area contributed by atoms with E-state index in [4.69, 9.17) is 5.11 Å². The summed E-state index contributed by atoms with van der Waals surface area (Å²) >= 11 is 3.17. The largest absolute Gasteiger partial charge is 0.477 e. The smallest absolute Gasteiger partial charge is 0.353 e. The van der Waals surface area contributed by atoms with Crippen LogP contribution in [0.25, 0.3) is 11.3 Å². The highest BCUT2D eigenvalue weighted by atomic mass is 79.9. The molecule has 0 atom stereocenters. The molecular formula is C13H12BrFN2O2. The Balaban J connectivity index is 2.53. The van der Waals surface area contributed by atoms with Crippen LogP contribution >= 0.6 is 15.9 Å². The second-order valence-corrected chi connectivity index (χ2v) is 5.34. The van der Waals surface area contributed by atoms with E-state index in [2.05, 4.69) is 26.1 Å². The van der Waals surface area contributed by atoms with Crippen LogP contribution in [0.15, 0.2) is 22.7 Å². The number of hydrogen-bond acceptors (Lipinski definition) is 2. The maximum absolute atomic E-state index is 13.9. The molecule has 1 aromatic carbocycles. The predicted octanol–water partition coefficient (Wildman–Crippen LogP) is 3.80. The maximum atomic E-state index is 13.9. The molecule has 0 spiro atoms. The molecule has 100 valence electrons. The van der Waals surface area contributed by atoms with Gasteiger partial charge in [-0.1, -0.05) is 13.8 Å². The zero-order chi connectivity index (χ0) is 14.2. The molecule has 0 aliphatic rings. The number of aromatic amines is 1. The molecule has 2 rings (SSSR count). The number of halogens is 2. The van der Waals surface area contributed by atoms with Gasteiger partial charge in [-0.25, -0.2) is 9.18 Å². The third-order valence-corrected chi connectivity index (χ3v) is 3.36. The van der Waals surface area contributed by atoms with Crippen molar-refractivity contribution < 1.29 is 14.3 Å². The SMILES string of the molecule is CC(C)c1cc(-c2cc(C(=O)O)[nH]n2)cc(Br)c1F. The molecule has 0 aliphatic heterocycles. The van der Waals surface area contributed by atoms with Gasteiger partial charge in [0.1, 0.15) is 11.5 Å². The Morgan fingerprint density at radius 1 is 1.42 bits per heavy atom. The highest BCUT2D eigenvalue weighted by Gasteiger charge is 2.15. The average molecular weight is 327 g/mol. The summed E-state index contributed by atoms with van der Waals surface area (Å²) in [6, 6.07) is 4.70. The minimum Gasteiger partial charge on any atom is -0.477 e. The van der Waals surface area contributed by atoms with E-state index in [9.17, 15) is 9.18 Å². The number of carboxylic acids is 1. The van der Waals surface area contributed by atoms with Gasteiger partial charge in [0.2, 0.25) is 0 Å². The molecule has 1 aromatic heterocycles. The first kappa shape index (κ1) is 13.7. The van der Waals surface area contributed by atoms with Gasteiger partial charge in [0, 0.05) is 5.56 Å². The molecule has 2 N–H and O–H groups in total. The third-order valence-electron chi connectivity index (χ3n) is 2.78. The Morgan fingerprint density at radius 3 is 2.63 bits per heavy atom. The molecule has 2 aromatic rings. The lowest BCUT2D eigenvalue weighted by Gasteiger charge is -2.10. The van der Waals surface area contributed by atoms with Gasteiger partial charge >= 0.3 is 5.97 Å². The van der Waals surface area contributed by atoms with Crippen LogP contribution in [0, 0.1) is 5.82 Å². The van der Waals surface area contributed by atoms with Crippen LogP contribution in [0.4, 0.5) is 4.39 Å². The van der Waals surface area contributed by atoms with Crippen LogP contribution in [0.2, 0.25) is 0 Å². The summed E-state index contributed by atoms with van der Waals surface area (Å²) in [5.74, 6) is -1.36. The Labute approximate surface area is 117 Å². The van der Waals surface area contributed by atoms with E-state index in [0.717, 1.165) is 0 Å². The first-order valence-electron chi connectivity index (χ1n) is 5.68. The number of H-pyrrole nitrogens is 1. The fourth-order valence-electron chi connectivity index (χ4n) is 1.76. The van der Waals surface area contributed by atoms with Crippen LogP contribution in [-0.2, 0) is 0 Å². The Bertz CT molecular complexity index is 638. The number of nitrogens with zero attached hydrogens (tertiary/aromatic N) is 1. The van der Waals surface area contributed by atoms with Gasteiger partial charge in [0.25, 0.3) is 0 Å². The molecule has 0 saturated heterocycles. The number of aromatic nitrogens is 2. The molecule has 0 amide bonds. The van der Waals surface area contributed by atoms with E-state index in [1.54, 1.807) is 12.1 Å². The number of nitrogens with one attached hydrogen (secondary N) is 1. The molecule has 0 saturated carbocycles. The van der Waals surface area contributed by atoms with E-state index in [1.165, 1.54) is 6.07 Å². The third kappa shape index (κ3) is 2.68. The number of aromatic carboxylic acids is 1. The summed E-state index contributed by atoms with van der Waals surface area (Å²) in [7, 11) is 0. The Kier molecular flexibility index (Phi) is 3.71. The fourth-order valence-corrected chi connectivity index (χ4v) is 2.23. The van der Waals surface area contributed by atoms with Gasteiger partial charge in [-0.05, 0) is 45.6 Å². The van der Waals surface area contributed by atoms with Gasteiger partial charge in [-0.2, -0.15) is 5.10 Å². The normalized spacial score (nSPS) is 11.0. The summed E-state index contributed by atoms with van der Waals surface area (Å²) in [5, 5.41) is 15.2. The van der Waals surface area contributed by atoms with Crippen molar-refractivity contribution in [2.45, 2.75) is 19.8 Å². The van der Waals surface area contributed by atoms with Crippen molar-refractivity contribution in [3.05, 3.63) is 39.7 Å². The summed E-state index contributed by atoms with van der Waals surface area (Å²) < 4.78 is 14.3. The zero-order valence-electron chi connectivity index (χ0n) is 10.4. The highest BCUT2D eigenvalue weighted by Crippen LogP contribution is 2.31. The number of hydrogen-bond donors (Lipinski definition) is 2. The van der Waals surface area contributed by atoms with Gasteiger partial charge < -0.3 is 5.11 Å². The molecule has 0 fully saturated rings. The average Bonchev–Trinajstić information content (AvgIpc) is 2.81. The first-order chi connectivity index (χ1) is 8.90. The van der Waals surface area contributed by atoms with Crippen LogP contribution in [0.3, 0.4) is 0 Å². The second-order valence-electron chi connectivity index (χ2n) is 4.49. The van der Waals surface area contributed by atoms with E-state index in [0.29, 0.717) is 21.3 Å². The number of rotatable bonds is 3. The molecule has 6 heteroatoms. The molecule has 0 unspecified atom stereocenters. The zero-order valence-corrected chi connectivity index (χ0v) is 12.0. The lowest BCUT2D eigenvalue weighted by atomic mass is 9.99.